The van der Waals surface area contributed by atoms with Crippen molar-refractivity contribution >= 4 is 52.3 Å². The second kappa shape index (κ2) is 11.4. The van der Waals surface area contributed by atoms with E-state index in [1.165, 1.54) is 23.3 Å². The molecule has 0 saturated carbocycles. The van der Waals surface area contributed by atoms with E-state index in [0.717, 1.165) is 4.88 Å². The first kappa shape index (κ1) is 25.6. The average molecular weight is 520 g/mol. The van der Waals surface area contributed by atoms with E-state index in [-0.39, 0.29) is 37.4 Å². The van der Waals surface area contributed by atoms with Crippen molar-refractivity contribution in [1.82, 2.24) is 14.5 Å². The fourth-order valence-corrected chi connectivity index (χ4v) is 4.53. The van der Waals surface area contributed by atoms with Gasteiger partial charge in [0, 0.05) is 12.2 Å². The number of ether oxygens (including phenoxy) is 1. The zero-order chi connectivity index (χ0) is 24.8. The van der Waals surface area contributed by atoms with E-state index in [1.807, 2.05) is 26.0 Å². The van der Waals surface area contributed by atoms with Crippen LogP contribution in [-0.4, -0.2) is 46.0 Å². The van der Waals surface area contributed by atoms with Gasteiger partial charge in [0.15, 0.2) is 0 Å². The van der Waals surface area contributed by atoms with Crippen molar-refractivity contribution in [3.8, 4) is 22.4 Å². The molecular formula is C23H23Cl2N5O3S. The summed E-state index contributed by atoms with van der Waals surface area (Å²) in [5.74, 6) is 0.107. The molecule has 1 aromatic carbocycles. The third-order valence-electron chi connectivity index (χ3n) is 4.92. The number of benzene rings is 1. The number of hydrogen-bond donors (Lipinski definition) is 1. The van der Waals surface area contributed by atoms with Crippen molar-refractivity contribution in [2.24, 2.45) is 0 Å². The molecule has 0 bridgehead atoms. The summed E-state index contributed by atoms with van der Waals surface area (Å²) in [5.41, 5.74) is 1.31. The molecule has 2 amide bonds. The summed E-state index contributed by atoms with van der Waals surface area (Å²) < 4.78 is 7.30. The number of amides is 2. The summed E-state index contributed by atoms with van der Waals surface area (Å²) in [5, 5.41) is 12.3. The average Bonchev–Trinajstić information content (AvgIpc) is 3.38. The van der Waals surface area contributed by atoms with Gasteiger partial charge in [0.1, 0.15) is 24.5 Å². The fourth-order valence-electron chi connectivity index (χ4n) is 3.26. The highest BCUT2D eigenvalue weighted by Crippen LogP contribution is 2.31. The zero-order valence-corrected chi connectivity index (χ0v) is 21.2. The van der Waals surface area contributed by atoms with Gasteiger partial charge >= 0.3 is 0 Å². The van der Waals surface area contributed by atoms with Crippen molar-refractivity contribution in [1.29, 1.82) is 5.26 Å². The number of hydrogen-bond acceptors (Lipinski definition) is 6. The SMILES string of the molecule is COc1ccc(CC(=O)N(CC(=O)Nc2nc(-c3ccc(Cl)s3)cn2CC#N)C(C)C)cc1Cl. The van der Waals surface area contributed by atoms with Gasteiger partial charge in [-0.25, -0.2) is 4.98 Å². The molecule has 8 nitrogen and oxygen atoms in total. The minimum Gasteiger partial charge on any atom is -0.495 e. The number of nitriles is 1. The molecule has 0 aliphatic heterocycles. The van der Waals surface area contributed by atoms with Crippen LogP contribution in [0.5, 0.6) is 5.75 Å². The molecule has 0 atom stereocenters. The van der Waals surface area contributed by atoms with E-state index >= 15 is 0 Å². The molecule has 2 aromatic heterocycles. The number of aromatic nitrogens is 2. The Morgan fingerprint density at radius 3 is 2.65 bits per heavy atom. The number of anilines is 1. The van der Waals surface area contributed by atoms with Gasteiger partial charge in [-0.1, -0.05) is 29.3 Å². The largest absolute Gasteiger partial charge is 0.495 e. The Morgan fingerprint density at radius 1 is 1.29 bits per heavy atom. The molecule has 0 unspecified atom stereocenters. The number of rotatable bonds is 9. The Bertz CT molecular complexity index is 1230. The Kier molecular flexibility index (Phi) is 8.56. The summed E-state index contributed by atoms with van der Waals surface area (Å²) in [6.45, 7) is 3.51. The van der Waals surface area contributed by atoms with Crippen LogP contribution in [0.4, 0.5) is 5.95 Å². The second-order valence-corrected chi connectivity index (χ2v) is 9.77. The first-order chi connectivity index (χ1) is 16.2. The van der Waals surface area contributed by atoms with Crippen LogP contribution in [-0.2, 0) is 22.6 Å². The molecule has 178 valence electrons. The molecular weight excluding hydrogens is 497 g/mol. The predicted molar refractivity (Wildman–Crippen MR) is 133 cm³/mol. The molecule has 0 aliphatic rings. The van der Waals surface area contributed by atoms with Crippen LogP contribution < -0.4 is 10.1 Å². The van der Waals surface area contributed by atoms with E-state index in [4.69, 9.17) is 33.2 Å². The standard InChI is InChI=1S/C23H23Cl2N5O3S/c1-14(2)30(22(32)11-15-4-5-18(33-3)16(24)10-15)13-21(31)28-23-27-17(12-29(23)9-8-26)19-6-7-20(25)34-19/h4-7,10,12,14H,9,11,13H2,1-3H3,(H,27,28,31). The molecule has 11 heteroatoms. The van der Waals surface area contributed by atoms with Crippen LogP contribution in [0, 0.1) is 11.3 Å². The predicted octanol–water partition coefficient (Wildman–Crippen LogP) is 4.87. The summed E-state index contributed by atoms with van der Waals surface area (Å²) in [7, 11) is 1.52. The third-order valence-corrected chi connectivity index (χ3v) is 6.47. The zero-order valence-electron chi connectivity index (χ0n) is 18.8. The molecule has 34 heavy (non-hydrogen) atoms. The van der Waals surface area contributed by atoms with Crippen molar-refractivity contribution in [3.05, 3.63) is 51.5 Å². The molecule has 3 aromatic rings. The van der Waals surface area contributed by atoms with E-state index < -0.39 is 5.91 Å². The summed E-state index contributed by atoms with van der Waals surface area (Å²) in [6, 6.07) is 10.5. The number of nitrogens with one attached hydrogen (secondary N) is 1. The van der Waals surface area contributed by atoms with Crippen LogP contribution >= 0.6 is 34.5 Å². The van der Waals surface area contributed by atoms with E-state index in [9.17, 15) is 9.59 Å². The molecule has 2 heterocycles. The Balaban J connectivity index is 1.72. The minimum absolute atomic E-state index is 0.00672. The minimum atomic E-state index is -0.421. The highest BCUT2D eigenvalue weighted by Gasteiger charge is 2.22. The van der Waals surface area contributed by atoms with Crippen LogP contribution in [0.3, 0.4) is 0 Å². The molecule has 0 radical (unpaired) electrons. The molecule has 1 N–H and O–H groups in total. The van der Waals surface area contributed by atoms with Crippen molar-refractivity contribution < 1.29 is 14.3 Å². The van der Waals surface area contributed by atoms with Crippen molar-refractivity contribution in [2.45, 2.75) is 32.9 Å². The molecule has 0 aliphatic carbocycles. The first-order valence-corrected chi connectivity index (χ1v) is 11.9. The Hall–Kier alpha value is -3.06. The number of imidazole rings is 1. The summed E-state index contributed by atoms with van der Waals surface area (Å²) >= 11 is 13.5. The maximum Gasteiger partial charge on any atom is 0.246 e. The summed E-state index contributed by atoms with van der Waals surface area (Å²) in [6.07, 6.45) is 1.77. The van der Waals surface area contributed by atoms with E-state index in [2.05, 4.69) is 10.3 Å². The van der Waals surface area contributed by atoms with Gasteiger partial charge in [0.2, 0.25) is 17.8 Å². The number of methoxy groups -OCH3 is 1. The number of halogens is 2. The van der Waals surface area contributed by atoms with Crippen molar-refractivity contribution in [2.75, 3.05) is 19.0 Å². The fraction of sp³-hybridized carbons (Fsp3) is 0.304. The number of thiophene rings is 1. The van der Waals surface area contributed by atoms with Gasteiger partial charge in [0.25, 0.3) is 0 Å². The van der Waals surface area contributed by atoms with Crippen LogP contribution in [0.15, 0.2) is 36.5 Å². The van der Waals surface area contributed by atoms with E-state index in [0.29, 0.717) is 26.4 Å². The van der Waals surface area contributed by atoms with Gasteiger partial charge < -0.3 is 14.2 Å². The van der Waals surface area contributed by atoms with Crippen LogP contribution in [0.25, 0.3) is 10.6 Å². The molecule has 0 fully saturated rings. The quantitative estimate of drug-likeness (QED) is 0.434. The van der Waals surface area contributed by atoms with Crippen molar-refractivity contribution in [3.63, 3.8) is 0 Å². The normalized spacial score (nSPS) is 10.7. The smallest absolute Gasteiger partial charge is 0.246 e. The van der Waals surface area contributed by atoms with Crippen LogP contribution in [0.1, 0.15) is 19.4 Å². The number of carbonyl (C=O) groups is 2. The Morgan fingerprint density at radius 2 is 2.06 bits per heavy atom. The lowest BCUT2D eigenvalue weighted by Gasteiger charge is -2.26. The van der Waals surface area contributed by atoms with Crippen LogP contribution in [0.2, 0.25) is 9.36 Å². The maximum absolute atomic E-state index is 13.0. The highest BCUT2D eigenvalue weighted by molar-refractivity contribution is 7.19. The maximum atomic E-state index is 13.0. The number of nitrogens with zero attached hydrogens (tertiary/aromatic N) is 4. The topological polar surface area (TPSA) is 100 Å². The van der Waals surface area contributed by atoms with Gasteiger partial charge in [-0.2, -0.15) is 5.26 Å². The molecule has 3 rings (SSSR count). The number of carbonyl (C=O) groups excluding carboxylic acids is 2. The van der Waals surface area contributed by atoms with Gasteiger partial charge in [0.05, 0.1) is 33.8 Å². The second-order valence-electron chi connectivity index (χ2n) is 7.65. The van der Waals surface area contributed by atoms with Gasteiger partial charge in [-0.15, -0.1) is 11.3 Å². The highest BCUT2D eigenvalue weighted by atomic mass is 35.5. The lowest BCUT2D eigenvalue weighted by molar-refractivity contribution is -0.135. The lowest BCUT2D eigenvalue weighted by atomic mass is 10.1. The monoisotopic (exact) mass is 519 g/mol. The summed E-state index contributed by atoms with van der Waals surface area (Å²) in [4.78, 5) is 32.5. The molecule has 0 saturated heterocycles. The van der Waals surface area contributed by atoms with Gasteiger partial charge in [-0.3, -0.25) is 14.9 Å². The lowest BCUT2D eigenvalue weighted by Crippen LogP contribution is -2.43. The van der Waals surface area contributed by atoms with E-state index in [1.54, 1.807) is 35.0 Å². The third kappa shape index (κ3) is 6.29. The van der Waals surface area contributed by atoms with Gasteiger partial charge in [-0.05, 0) is 43.7 Å². The first-order valence-electron chi connectivity index (χ1n) is 10.3. The Labute approximate surface area is 211 Å². The molecule has 0 spiro atoms.